The lowest BCUT2D eigenvalue weighted by Gasteiger charge is -2.41. The molecule has 0 aliphatic heterocycles. The van der Waals surface area contributed by atoms with E-state index in [1.54, 1.807) is 14.2 Å². The third kappa shape index (κ3) is 7.02. The zero-order chi connectivity index (χ0) is 26.8. The van der Waals surface area contributed by atoms with Gasteiger partial charge in [-0.1, -0.05) is 73.3 Å². The van der Waals surface area contributed by atoms with E-state index in [9.17, 15) is 0 Å². The van der Waals surface area contributed by atoms with E-state index in [0.29, 0.717) is 0 Å². The molecule has 0 saturated heterocycles. The van der Waals surface area contributed by atoms with Gasteiger partial charge in [-0.2, -0.15) is 0 Å². The number of methoxy groups -OCH3 is 2. The van der Waals surface area contributed by atoms with E-state index in [1.807, 2.05) is 0 Å². The monoisotopic (exact) mass is 501 g/mol. The van der Waals surface area contributed by atoms with Crippen LogP contribution in [-0.4, -0.2) is 36.0 Å². The summed E-state index contributed by atoms with van der Waals surface area (Å²) in [6.07, 6.45) is 0. The van der Waals surface area contributed by atoms with Crippen LogP contribution in [0.2, 0.25) is 19.6 Å². The first-order valence-corrected chi connectivity index (χ1v) is 15.8. The summed E-state index contributed by atoms with van der Waals surface area (Å²) < 4.78 is 25.9. The molecule has 5 nitrogen and oxygen atoms in total. The molecular weight excluding hydrogens is 454 g/mol. The molecule has 0 saturated carbocycles. The van der Waals surface area contributed by atoms with Gasteiger partial charge in [0, 0.05) is 25.3 Å². The molecule has 0 atom stereocenters. The number of aryl methyl sites for hydroxylation is 2. The minimum absolute atomic E-state index is 0.104. The van der Waals surface area contributed by atoms with Crippen molar-refractivity contribution in [2.24, 2.45) is 0 Å². The molecule has 2 aromatic rings. The van der Waals surface area contributed by atoms with Gasteiger partial charge in [-0.3, -0.25) is 0 Å². The van der Waals surface area contributed by atoms with Gasteiger partial charge >= 0.3 is 0 Å². The van der Waals surface area contributed by atoms with Crippen LogP contribution in [0.1, 0.15) is 63.8 Å². The summed E-state index contributed by atoms with van der Waals surface area (Å²) in [4.78, 5) is 0. The smallest absolute Gasteiger partial charge is 0.188 e. The van der Waals surface area contributed by atoms with Crippen molar-refractivity contribution in [2.45, 2.75) is 85.9 Å². The second kappa shape index (κ2) is 10.9. The SMILES string of the molecule is COCOc1c(N(c2cc(C)cc(C(C)(C)C)c2OCOC)[Si](C)(C)C)cc(C)cc1C(C)(C)C. The number of hydrogen-bond acceptors (Lipinski definition) is 5. The molecule has 0 N–H and O–H groups in total. The average Bonchev–Trinajstić information content (AvgIpc) is 2.69. The number of benzene rings is 2. The van der Waals surface area contributed by atoms with Gasteiger partial charge in [-0.25, -0.2) is 0 Å². The number of anilines is 2. The Morgan fingerprint density at radius 1 is 0.657 bits per heavy atom. The molecule has 2 aromatic carbocycles. The topological polar surface area (TPSA) is 40.2 Å². The maximum Gasteiger partial charge on any atom is 0.188 e. The molecule has 0 bridgehead atoms. The summed E-state index contributed by atoms with van der Waals surface area (Å²) >= 11 is 0. The van der Waals surface area contributed by atoms with Crippen LogP contribution in [0.3, 0.4) is 0 Å². The molecule has 0 aliphatic rings. The maximum absolute atomic E-state index is 6.34. The van der Waals surface area contributed by atoms with E-state index in [1.165, 1.54) is 11.1 Å². The fourth-order valence-electron chi connectivity index (χ4n) is 4.35. The second-order valence-electron chi connectivity index (χ2n) is 12.4. The fraction of sp³-hybridized carbons (Fsp3) is 0.586. The molecule has 0 aliphatic carbocycles. The van der Waals surface area contributed by atoms with E-state index in [2.05, 4.69) is 104 Å². The van der Waals surface area contributed by atoms with Gasteiger partial charge in [-0.15, -0.1) is 0 Å². The Balaban J connectivity index is 3.02. The molecule has 0 aromatic heterocycles. The Bertz CT molecular complexity index is 938. The van der Waals surface area contributed by atoms with Gasteiger partial charge in [0.2, 0.25) is 0 Å². The van der Waals surface area contributed by atoms with Crippen molar-refractivity contribution in [1.82, 2.24) is 0 Å². The average molecular weight is 502 g/mol. The standard InChI is InChI=1S/C29H47NO4Si/c1-20-14-22(28(3,4)5)26(33-18-31-9)24(16-20)30(35(11,12)13)25-17-21(2)15-23(29(6,7)8)27(25)34-19-32-10/h14-17H,18-19H2,1-13H3. The predicted molar refractivity (Wildman–Crippen MR) is 150 cm³/mol. The molecule has 0 heterocycles. The van der Waals surface area contributed by atoms with E-state index in [-0.39, 0.29) is 24.4 Å². The molecule has 0 radical (unpaired) electrons. The van der Waals surface area contributed by atoms with Crippen LogP contribution in [0.5, 0.6) is 11.5 Å². The van der Waals surface area contributed by atoms with Crippen LogP contribution < -0.4 is 14.0 Å². The van der Waals surface area contributed by atoms with Crippen molar-refractivity contribution in [3.63, 3.8) is 0 Å². The Morgan fingerprint density at radius 3 is 1.26 bits per heavy atom. The van der Waals surface area contributed by atoms with Gasteiger partial charge in [0.15, 0.2) is 21.8 Å². The zero-order valence-electron chi connectivity index (χ0n) is 24.3. The number of hydrogen-bond donors (Lipinski definition) is 0. The highest BCUT2D eigenvalue weighted by Gasteiger charge is 2.35. The third-order valence-corrected chi connectivity index (χ3v) is 7.66. The van der Waals surface area contributed by atoms with Crippen molar-refractivity contribution in [1.29, 1.82) is 0 Å². The van der Waals surface area contributed by atoms with Crippen molar-refractivity contribution < 1.29 is 18.9 Å². The van der Waals surface area contributed by atoms with E-state index in [4.69, 9.17) is 18.9 Å². The van der Waals surface area contributed by atoms with Crippen LogP contribution >= 0.6 is 0 Å². The molecule has 0 unspecified atom stereocenters. The van der Waals surface area contributed by atoms with Gasteiger partial charge in [0.05, 0.1) is 11.4 Å². The first kappa shape index (κ1) is 29.2. The maximum atomic E-state index is 6.34. The minimum Gasteiger partial charge on any atom is -0.465 e. The fourth-order valence-corrected chi connectivity index (χ4v) is 6.12. The van der Waals surface area contributed by atoms with Gasteiger partial charge in [-0.05, 0) is 47.9 Å². The summed E-state index contributed by atoms with van der Waals surface area (Å²) in [5, 5.41) is 0. The van der Waals surface area contributed by atoms with E-state index < -0.39 is 8.24 Å². The van der Waals surface area contributed by atoms with Crippen LogP contribution in [-0.2, 0) is 20.3 Å². The van der Waals surface area contributed by atoms with E-state index >= 15 is 0 Å². The van der Waals surface area contributed by atoms with Gasteiger partial charge < -0.3 is 23.5 Å². The molecule has 6 heteroatoms. The van der Waals surface area contributed by atoms with E-state index in [0.717, 1.165) is 34.0 Å². The van der Waals surface area contributed by atoms with Crippen LogP contribution in [0.25, 0.3) is 0 Å². The molecule has 0 spiro atoms. The molecule has 196 valence electrons. The molecular formula is C29H47NO4Si. The molecule has 35 heavy (non-hydrogen) atoms. The zero-order valence-corrected chi connectivity index (χ0v) is 25.3. The van der Waals surface area contributed by atoms with Crippen LogP contribution in [0.4, 0.5) is 11.4 Å². The highest BCUT2D eigenvalue weighted by molar-refractivity contribution is 6.81. The normalized spacial score (nSPS) is 12.6. The molecule has 2 rings (SSSR count). The summed E-state index contributed by atoms with van der Waals surface area (Å²) in [7, 11) is 1.29. The van der Waals surface area contributed by atoms with Crippen molar-refractivity contribution in [2.75, 3.05) is 32.4 Å². The number of rotatable bonds is 9. The lowest BCUT2D eigenvalue weighted by Crippen LogP contribution is -2.43. The Labute approximate surface area is 214 Å². The first-order chi connectivity index (χ1) is 16.0. The molecule has 0 fully saturated rings. The predicted octanol–water partition coefficient (Wildman–Crippen LogP) is 7.84. The number of ether oxygens (including phenoxy) is 4. The highest BCUT2D eigenvalue weighted by Crippen LogP contribution is 2.49. The largest absolute Gasteiger partial charge is 0.465 e. The summed E-state index contributed by atoms with van der Waals surface area (Å²) in [6.45, 7) is 25.1. The van der Waals surface area contributed by atoms with Gasteiger partial charge in [0.1, 0.15) is 11.5 Å². The summed E-state index contributed by atoms with van der Waals surface area (Å²) in [6, 6.07) is 8.93. The highest BCUT2D eigenvalue weighted by atomic mass is 28.3. The summed E-state index contributed by atoms with van der Waals surface area (Å²) in [5.41, 5.74) is 6.62. The number of nitrogens with zero attached hydrogens (tertiary/aromatic N) is 1. The lowest BCUT2D eigenvalue weighted by molar-refractivity contribution is 0.0498. The van der Waals surface area contributed by atoms with Crippen LogP contribution in [0.15, 0.2) is 24.3 Å². The molecule has 0 amide bonds. The quantitative estimate of drug-likeness (QED) is 0.258. The lowest BCUT2D eigenvalue weighted by atomic mass is 9.84. The minimum atomic E-state index is -2.03. The first-order valence-electron chi connectivity index (χ1n) is 12.4. The second-order valence-corrected chi connectivity index (χ2v) is 17.2. The van der Waals surface area contributed by atoms with Crippen molar-refractivity contribution >= 4 is 19.6 Å². The van der Waals surface area contributed by atoms with Crippen molar-refractivity contribution in [3.8, 4) is 11.5 Å². The Hall–Kier alpha value is -2.02. The van der Waals surface area contributed by atoms with Crippen molar-refractivity contribution in [3.05, 3.63) is 46.5 Å². The third-order valence-electron chi connectivity index (χ3n) is 5.84. The summed E-state index contributed by atoms with van der Waals surface area (Å²) in [5.74, 6) is 1.73. The van der Waals surface area contributed by atoms with Crippen LogP contribution in [0, 0.1) is 13.8 Å². The Morgan fingerprint density at radius 2 is 1.00 bits per heavy atom. The Kier molecular flexibility index (Phi) is 9.12. The van der Waals surface area contributed by atoms with Gasteiger partial charge in [0.25, 0.3) is 0 Å².